The highest BCUT2D eigenvalue weighted by molar-refractivity contribution is 6.32. The van der Waals surface area contributed by atoms with Crippen LogP contribution in [0.15, 0.2) is 79.0 Å². The molecular weight excluding hydrogens is 516 g/mol. The Labute approximate surface area is 231 Å². The molecule has 200 valence electrons. The maximum absolute atomic E-state index is 6.47. The molecule has 5 rings (SSSR count). The van der Waals surface area contributed by atoms with E-state index >= 15 is 0 Å². The Hall–Kier alpha value is -4.34. The van der Waals surface area contributed by atoms with Gasteiger partial charge in [0.15, 0.2) is 11.5 Å². The molecule has 0 aliphatic heterocycles. The number of nitrogens with one attached hydrogen (secondary N) is 2. The minimum absolute atomic E-state index is 0.349. The lowest BCUT2D eigenvalue weighted by molar-refractivity contribution is 0.309. The quantitative estimate of drug-likeness (QED) is 0.185. The molecule has 2 heterocycles. The van der Waals surface area contributed by atoms with Gasteiger partial charge in [-0.15, -0.1) is 0 Å². The van der Waals surface area contributed by atoms with Gasteiger partial charge in [-0.25, -0.2) is 9.55 Å². The Morgan fingerprint density at radius 1 is 0.923 bits per heavy atom. The second kappa shape index (κ2) is 12.0. The zero-order valence-corrected chi connectivity index (χ0v) is 22.6. The van der Waals surface area contributed by atoms with Crippen molar-refractivity contribution >= 4 is 34.3 Å². The van der Waals surface area contributed by atoms with Crippen molar-refractivity contribution in [2.24, 2.45) is 0 Å². The average Bonchev–Trinajstić information content (AvgIpc) is 3.30. The van der Waals surface area contributed by atoms with Gasteiger partial charge < -0.3 is 24.8 Å². The molecule has 0 saturated heterocycles. The van der Waals surface area contributed by atoms with Gasteiger partial charge in [-0.1, -0.05) is 49.7 Å². The minimum Gasteiger partial charge on any atom is -0.493 e. The number of halogens is 1. The summed E-state index contributed by atoms with van der Waals surface area (Å²) in [5, 5.41) is 7.03. The third-order valence-corrected chi connectivity index (χ3v) is 6.07. The molecule has 5 aromatic rings. The van der Waals surface area contributed by atoms with Crippen molar-refractivity contribution in [1.29, 1.82) is 0 Å². The molecule has 2 N–H and O–H groups in total. The van der Waals surface area contributed by atoms with Crippen LogP contribution in [-0.2, 0) is 0 Å². The van der Waals surface area contributed by atoms with Crippen LogP contribution in [0.1, 0.15) is 13.8 Å². The van der Waals surface area contributed by atoms with E-state index in [-0.39, 0.29) is 0 Å². The molecule has 2 aromatic heterocycles. The highest BCUT2D eigenvalue weighted by Gasteiger charge is 2.18. The number of hydrogen-bond donors (Lipinski definition) is 2. The fourth-order valence-electron chi connectivity index (χ4n) is 3.96. The van der Waals surface area contributed by atoms with Crippen LogP contribution < -0.4 is 24.8 Å². The van der Waals surface area contributed by atoms with Gasteiger partial charge in [0.25, 0.3) is 0 Å². The fourth-order valence-corrected chi connectivity index (χ4v) is 4.20. The number of benzene rings is 3. The molecule has 3 aromatic carbocycles. The third kappa shape index (κ3) is 6.22. The minimum atomic E-state index is 0.349. The first-order valence-corrected chi connectivity index (χ1v) is 12.9. The van der Waals surface area contributed by atoms with Gasteiger partial charge in [0.2, 0.25) is 5.95 Å². The first-order chi connectivity index (χ1) is 19.0. The van der Waals surface area contributed by atoms with E-state index in [4.69, 9.17) is 35.8 Å². The molecule has 9 nitrogen and oxygen atoms in total. The van der Waals surface area contributed by atoms with E-state index in [2.05, 4.69) is 29.5 Å². The highest BCUT2D eigenvalue weighted by atomic mass is 35.5. The standard InChI is InChI=1S/C29H29ClN6O3/c1-19(2)31-16-17-38-24-13-12-20(18-21(24)30)33-28-32-15-14-27(35-28)36-23-9-5-4-8-22(23)34-29(36)39-26-11-7-6-10-25(26)37-3/h4-15,18-19,31H,16-17H2,1-3H3,(H,32,33,35). The number of fused-ring (bicyclic) bond motifs is 1. The summed E-state index contributed by atoms with van der Waals surface area (Å²) in [5.74, 6) is 2.72. The van der Waals surface area contributed by atoms with Crippen molar-refractivity contribution < 1.29 is 14.2 Å². The van der Waals surface area contributed by atoms with Gasteiger partial charge in [0.1, 0.15) is 18.2 Å². The second-order valence-electron chi connectivity index (χ2n) is 8.94. The third-order valence-electron chi connectivity index (χ3n) is 5.77. The van der Waals surface area contributed by atoms with Crippen LogP contribution in [0, 0.1) is 0 Å². The van der Waals surface area contributed by atoms with Gasteiger partial charge in [0.05, 0.1) is 23.2 Å². The maximum atomic E-state index is 6.47. The van der Waals surface area contributed by atoms with Crippen LogP contribution in [0.25, 0.3) is 16.9 Å². The normalized spacial score (nSPS) is 11.1. The molecule has 0 atom stereocenters. The number of para-hydroxylation sites is 4. The molecule has 0 aliphatic carbocycles. The molecule has 0 bridgehead atoms. The summed E-state index contributed by atoms with van der Waals surface area (Å²) >= 11 is 6.47. The first kappa shape index (κ1) is 26.3. The van der Waals surface area contributed by atoms with E-state index in [1.807, 2.05) is 65.2 Å². The summed E-state index contributed by atoms with van der Waals surface area (Å²) in [6.07, 6.45) is 1.67. The topological polar surface area (TPSA) is 95.4 Å². The number of nitrogens with zero attached hydrogens (tertiary/aromatic N) is 4. The Morgan fingerprint density at radius 3 is 2.51 bits per heavy atom. The molecule has 0 amide bonds. The second-order valence-corrected chi connectivity index (χ2v) is 9.34. The van der Waals surface area contributed by atoms with Gasteiger partial charge in [-0.05, 0) is 42.5 Å². The highest BCUT2D eigenvalue weighted by Crippen LogP contribution is 2.34. The summed E-state index contributed by atoms with van der Waals surface area (Å²) in [4.78, 5) is 13.8. The van der Waals surface area contributed by atoms with Gasteiger partial charge in [0, 0.05) is 30.5 Å². The molecule has 0 radical (unpaired) electrons. The van der Waals surface area contributed by atoms with E-state index in [1.54, 1.807) is 25.4 Å². The van der Waals surface area contributed by atoms with E-state index < -0.39 is 0 Å². The number of hydrogen-bond acceptors (Lipinski definition) is 8. The average molecular weight is 545 g/mol. The van der Waals surface area contributed by atoms with Crippen molar-refractivity contribution in [3.8, 4) is 29.1 Å². The number of methoxy groups -OCH3 is 1. The monoisotopic (exact) mass is 544 g/mol. The number of rotatable bonds is 11. The molecule has 0 fully saturated rings. The Kier molecular flexibility index (Phi) is 8.10. The number of aromatic nitrogens is 4. The van der Waals surface area contributed by atoms with Crippen LogP contribution in [0.5, 0.6) is 23.3 Å². The fraction of sp³-hybridized carbons (Fsp3) is 0.207. The van der Waals surface area contributed by atoms with Gasteiger partial charge >= 0.3 is 6.01 Å². The van der Waals surface area contributed by atoms with Crippen molar-refractivity contribution in [3.63, 3.8) is 0 Å². The van der Waals surface area contributed by atoms with E-state index in [0.29, 0.717) is 52.7 Å². The van der Waals surface area contributed by atoms with E-state index in [9.17, 15) is 0 Å². The van der Waals surface area contributed by atoms with E-state index in [1.165, 1.54) is 0 Å². The molecule has 0 spiro atoms. The lowest BCUT2D eigenvalue weighted by atomic mass is 10.3. The summed E-state index contributed by atoms with van der Waals surface area (Å²) in [7, 11) is 1.60. The van der Waals surface area contributed by atoms with Crippen molar-refractivity contribution in [2.75, 3.05) is 25.6 Å². The Bertz CT molecular complexity index is 1570. The van der Waals surface area contributed by atoms with Crippen molar-refractivity contribution in [2.45, 2.75) is 19.9 Å². The van der Waals surface area contributed by atoms with Crippen LogP contribution >= 0.6 is 11.6 Å². The zero-order chi connectivity index (χ0) is 27.2. The van der Waals surface area contributed by atoms with Crippen LogP contribution in [0.3, 0.4) is 0 Å². The van der Waals surface area contributed by atoms with Crippen molar-refractivity contribution in [3.05, 3.63) is 84.0 Å². The van der Waals surface area contributed by atoms with E-state index in [0.717, 1.165) is 23.3 Å². The van der Waals surface area contributed by atoms with Crippen LogP contribution in [-0.4, -0.2) is 45.8 Å². The number of imidazole rings is 1. The summed E-state index contributed by atoms with van der Waals surface area (Å²) < 4.78 is 19.3. The summed E-state index contributed by atoms with van der Waals surface area (Å²) in [6, 6.07) is 23.2. The predicted octanol–water partition coefficient (Wildman–Crippen LogP) is 6.39. The summed E-state index contributed by atoms with van der Waals surface area (Å²) in [5.41, 5.74) is 2.33. The van der Waals surface area contributed by atoms with Crippen LogP contribution in [0.4, 0.5) is 11.6 Å². The largest absolute Gasteiger partial charge is 0.493 e. The molecule has 0 saturated carbocycles. The molecular formula is C29H29ClN6O3. The summed E-state index contributed by atoms with van der Waals surface area (Å²) in [6.45, 7) is 5.44. The molecule has 0 aliphatic rings. The predicted molar refractivity (Wildman–Crippen MR) is 153 cm³/mol. The van der Waals surface area contributed by atoms with Gasteiger partial charge in [-0.3, -0.25) is 0 Å². The lowest BCUT2D eigenvalue weighted by Crippen LogP contribution is -2.27. The number of ether oxygens (including phenoxy) is 3. The maximum Gasteiger partial charge on any atom is 0.309 e. The Balaban J connectivity index is 1.40. The number of anilines is 2. The molecule has 10 heteroatoms. The SMILES string of the molecule is COc1ccccc1Oc1nc2ccccc2n1-c1ccnc(Nc2ccc(OCCNC(C)C)c(Cl)c2)n1. The zero-order valence-electron chi connectivity index (χ0n) is 21.9. The molecule has 39 heavy (non-hydrogen) atoms. The smallest absolute Gasteiger partial charge is 0.309 e. The lowest BCUT2D eigenvalue weighted by Gasteiger charge is -2.13. The Morgan fingerprint density at radius 2 is 1.72 bits per heavy atom. The molecule has 0 unspecified atom stereocenters. The first-order valence-electron chi connectivity index (χ1n) is 12.6. The van der Waals surface area contributed by atoms with Crippen molar-refractivity contribution in [1.82, 2.24) is 24.8 Å². The van der Waals surface area contributed by atoms with Crippen LogP contribution in [0.2, 0.25) is 5.02 Å². The van der Waals surface area contributed by atoms with Gasteiger partial charge in [-0.2, -0.15) is 9.97 Å².